The quantitative estimate of drug-likeness (QED) is 0.739. The molecule has 3 heteroatoms. The second-order valence-electron chi connectivity index (χ2n) is 5.04. The molecule has 0 fully saturated rings. The lowest BCUT2D eigenvalue weighted by molar-refractivity contribution is 0.112. The number of nitrogens with zero attached hydrogens (tertiary/aromatic N) is 1. The largest absolute Gasteiger partial charge is 0.457 e. The Morgan fingerprint density at radius 2 is 1.29 bits per heavy atom. The number of fused-ring (bicyclic) bond motifs is 2. The molecule has 0 amide bonds. The van der Waals surface area contributed by atoms with E-state index in [4.69, 9.17) is 4.74 Å². The Balaban J connectivity index is 2.06. The van der Waals surface area contributed by atoms with Crippen molar-refractivity contribution < 1.29 is 9.84 Å². The van der Waals surface area contributed by atoms with E-state index in [1.165, 1.54) is 0 Å². The zero-order valence-corrected chi connectivity index (χ0v) is 11.2. The molecule has 4 rings (SSSR count). The molecule has 0 unspecified atom stereocenters. The van der Waals surface area contributed by atoms with Crippen LogP contribution in [-0.4, -0.2) is 10.1 Å². The fourth-order valence-electron chi connectivity index (χ4n) is 2.88. The molecular formula is C18H13NO2. The van der Waals surface area contributed by atoms with Crippen molar-refractivity contribution in [2.75, 3.05) is 0 Å². The van der Waals surface area contributed by atoms with Crippen LogP contribution in [0.5, 0.6) is 11.5 Å². The van der Waals surface area contributed by atoms with Gasteiger partial charge in [-0.25, -0.2) is 0 Å². The second-order valence-corrected chi connectivity index (χ2v) is 5.04. The Morgan fingerprint density at radius 1 is 0.762 bits per heavy atom. The number of hydrogen-bond acceptors (Lipinski definition) is 3. The molecule has 1 aliphatic rings. The van der Waals surface area contributed by atoms with E-state index >= 15 is 0 Å². The topological polar surface area (TPSA) is 42.4 Å². The third-order valence-corrected chi connectivity index (χ3v) is 3.87. The molecule has 1 aliphatic heterocycles. The fraction of sp³-hybridized carbons (Fsp3) is 0.0556. The van der Waals surface area contributed by atoms with Crippen LogP contribution in [0, 0.1) is 0 Å². The highest BCUT2D eigenvalue weighted by Crippen LogP contribution is 2.49. The van der Waals surface area contributed by atoms with Gasteiger partial charge in [0.1, 0.15) is 17.1 Å². The molecule has 2 aromatic carbocycles. The van der Waals surface area contributed by atoms with Crippen molar-refractivity contribution in [1.82, 2.24) is 4.98 Å². The van der Waals surface area contributed by atoms with E-state index in [2.05, 4.69) is 4.98 Å². The van der Waals surface area contributed by atoms with Gasteiger partial charge in [-0.3, -0.25) is 4.98 Å². The fourth-order valence-corrected chi connectivity index (χ4v) is 2.88. The first-order chi connectivity index (χ1) is 10.3. The summed E-state index contributed by atoms with van der Waals surface area (Å²) < 4.78 is 5.92. The van der Waals surface area contributed by atoms with Crippen LogP contribution in [0.3, 0.4) is 0 Å². The van der Waals surface area contributed by atoms with E-state index in [1.54, 1.807) is 12.4 Å². The van der Waals surface area contributed by atoms with Crippen LogP contribution in [0.4, 0.5) is 0 Å². The summed E-state index contributed by atoms with van der Waals surface area (Å²) in [7, 11) is 0. The molecule has 0 aliphatic carbocycles. The normalized spacial score (nSPS) is 14.7. The molecule has 0 bridgehead atoms. The number of aliphatic hydroxyl groups is 1. The van der Waals surface area contributed by atoms with Crippen LogP contribution >= 0.6 is 0 Å². The maximum Gasteiger partial charge on any atom is 0.147 e. The zero-order valence-electron chi connectivity index (χ0n) is 11.2. The van der Waals surface area contributed by atoms with Crippen LogP contribution in [0.15, 0.2) is 73.1 Å². The Kier molecular flexibility index (Phi) is 2.56. The van der Waals surface area contributed by atoms with Crippen molar-refractivity contribution in [2.24, 2.45) is 0 Å². The average molecular weight is 275 g/mol. The van der Waals surface area contributed by atoms with Crippen molar-refractivity contribution in [3.63, 3.8) is 0 Å². The van der Waals surface area contributed by atoms with Gasteiger partial charge in [0, 0.05) is 23.5 Å². The molecular weight excluding hydrogens is 262 g/mol. The first kappa shape index (κ1) is 12.1. The SMILES string of the molecule is OC1(c2ccncc2)c2ccccc2Oc2ccccc21. The van der Waals surface area contributed by atoms with Gasteiger partial charge in [-0.15, -0.1) is 0 Å². The van der Waals surface area contributed by atoms with Gasteiger partial charge in [0.25, 0.3) is 0 Å². The van der Waals surface area contributed by atoms with Crippen molar-refractivity contribution in [2.45, 2.75) is 5.60 Å². The van der Waals surface area contributed by atoms with Gasteiger partial charge in [-0.1, -0.05) is 36.4 Å². The number of ether oxygens (including phenoxy) is 1. The molecule has 102 valence electrons. The van der Waals surface area contributed by atoms with E-state index in [0.29, 0.717) is 11.5 Å². The number of benzene rings is 2. The molecule has 1 aromatic heterocycles. The molecule has 0 saturated heterocycles. The minimum Gasteiger partial charge on any atom is -0.457 e. The smallest absolute Gasteiger partial charge is 0.147 e. The third-order valence-electron chi connectivity index (χ3n) is 3.87. The Morgan fingerprint density at radius 3 is 1.86 bits per heavy atom. The highest BCUT2D eigenvalue weighted by atomic mass is 16.5. The van der Waals surface area contributed by atoms with Crippen molar-refractivity contribution in [3.8, 4) is 11.5 Å². The van der Waals surface area contributed by atoms with Crippen LogP contribution in [0.25, 0.3) is 0 Å². The maximum absolute atomic E-state index is 11.5. The first-order valence-electron chi connectivity index (χ1n) is 6.80. The first-order valence-corrected chi connectivity index (χ1v) is 6.80. The van der Waals surface area contributed by atoms with Gasteiger partial charge in [0.05, 0.1) is 0 Å². The molecule has 1 N–H and O–H groups in total. The summed E-state index contributed by atoms with van der Waals surface area (Å²) in [4.78, 5) is 4.04. The molecule has 3 nitrogen and oxygen atoms in total. The number of para-hydroxylation sites is 2. The van der Waals surface area contributed by atoms with Crippen LogP contribution in [0.1, 0.15) is 16.7 Å². The van der Waals surface area contributed by atoms with E-state index in [0.717, 1.165) is 16.7 Å². The lowest BCUT2D eigenvalue weighted by Gasteiger charge is -2.36. The van der Waals surface area contributed by atoms with E-state index in [1.807, 2.05) is 60.7 Å². The van der Waals surface area contributed by atoms with Crippen molar-refractivity contribution >= 4 is 0 Å². The van der Waals surface area contributed by atoms with Gasteiger partial charge >= 0.3 is 0 Å². The van der Waals surface area contributed by atoms with Gasteiger partial charge < -0.3 is 9.84 Å². The summed E-state index contributed by atoms with van der Waals surface area (Å²) in [6, 6.07) is 18.8. The maximum atomic E-state index is 11.5. The van der Waals surface area contributed by atoms with Gasteiger partial charge in [0.15, 0.2) is 0 Å². The predicted octanol–water partition coefficient (Wildman–Crippen LogP) is 3.47. The van der Waals surface area contributed by atoms with E-state index < -0.39 is 5.60 Å². The summed E-state index contributed by atoms with van der Waals surface area (Å²) in [5, 5.41) is 11.5. The number of pyridine rings is 1. The monoisotopic (exact) mass is 275 g/mol. The Bertz CT molecular complexity index is 754. The minimum absolute atomic E-state index is 0.676. The van der Waals surface area contributed by atoms with Crippen LogP contribution in [0.2, 0.25) is 0 Å². The summed E-state index contributed by atoms with van der Waals surface area (Å²) >= 11 is 0. The van der Waals surface area contributed by atoms with Crippen molar-refractivity contribution in [1.29, 1.82) is 0 Å². The van der Waals surface area contributed by atoms with Gasteiger partial charge in [-0.05, 0) is 29.8 Å². The number of aromatic nitrogens is 1. The minimum atomic E-state index is -1.23. The molecule has 2 heterocycles. The number of hydrogen-bond donors (Lipinski definition) is 1. The summed E-state index contributed by atoms with van der Waals surface area (Å²) in [5.74, 6) is 1.35. The summed E-state index contributed by atoms with van der Waals surface area (Å²) in [5.41, 5.74) is 1.04. The standard InChI is InChI=1S/C18H13NO2/c20-18(13-9-11-19-12-10-13)14-5-1-3-7-16(14)21-17-8-4-2-6-15(17)18/h1-12,20H. The molecule has 0 spiro atoms. The van der Waals surface area contributed by atoms with Crippen LogP contribution in [-0.2, 0) is 5.60 Å². The van der Waals surface area contributed by atoms with E-state index in [9.17, 15) is 5.11 Å². The van der Waals surface area contributed by atoms with E-state index in [-0.39, 0.29) is 0 Å². The third kappa shape index (κ3) is 1.68. The molecule has 0 atom stereocenters. The predicted molar refractivity (Wildman–Crippen MR) is 79.3 cm³/mol. The zero-order chi connectivity index (χ0) is 14.3. The number of rotatable bonds is 1. The Hall–Kier alpha value is -2.65. The lowest BCUT2D eigenvalue weighted by atomic mass is 9.78. The Labute approximate surface area is 122 Å². The average Bonchev–Trinajstić information content (AvgIpc) is 2.56. The summed E-state index contributed by atoms with van der Waals surface area (Å²) in [6.07, 6.45) is 3.38. The highest BCUT2D eigenvalue weighted by molar-refractivity contribution is 5.60. The lowest BCUT2D eigenvalue weighted by Crippen LogP contribution is -2.32. The molecule has 21 heavy (non-hydrogen) atoms. The molecule has 3 aromatic rings. The van der Waals surface area contributed by atoms with Gasteiger partial charge in [-0.2, -0.15) is 0 Å². The second kappa shape index (κ2) is 4.43. The molecule has 0 saturated carbocycles. The highest BCUT2D eigenvalue weighted by Gasteiger charge is 2.41. The summed E-state index contributed by atoms with van der Waals surface area (Å²) in [6.45, 7) is 0. The van der Waals surface area contributed by atoms with Crippen molar-refractivity contribution in [3.05, 3.63) is 89.7 Å². The molecule has 0 radical (unpaired) electrons. The van der Waals surface area contributed by atoms with Crippen LogP contribution < -0.4 is 4.74 Å². The van der Waals surface area contributed by atoms with Gasteiger partial charge in [0.2, 0.25) is 0 Å².